The number of alkyl halides is 3. The number of para-hydroxylation sites is 1. The van der Waals surface area contributed by atoms with Gasteiger partial charge < -0.3 is 147 Å². The number of ether oxygens (including phenoxy) is 2. The van der Waals surface area contributed by atoms with Gasteiger partial charge in [-0.05, 0) is 213 Å². The minimum Gasteiger partial charge on any atom is -0.508 e. The number of halogens is 3. The summed E-state index contributed by atoms with van der Waals surface area (Å²) >= 11 is 1.54. The Morgan fingerprint density at radius 3 is 1.46 bits per heavy atom. The number of likely N-dealkylation sites (N-methyl/N-ethyl adjacent to an activating group) is 5. The number of phenols is 1. The highest BCUT2D eigenvalue weighted by atomic mass is 32.2. The van der Waals surface area contributed by atoms with E-state index in [1.54, 1.807) is 65.6 Å². The molecule has 0 amide bonds. The smallest absolute Gasteiger partial charge is 0.401 e. The normalized spacial score (nSPS) is 13.7. The molecule has 39 nitrogen and oxygen atoms in total. The van der Waals surface area contributed by atoms with Crippen molar-refractivity contribution in [2.24, 2.45) is 40.1 Å². The van der Waals surface area contributed by atoms with E-state index in [1.165, 1.54) is 44.4 Å². The van der Waals surface area contributed by atoms with Gasteiger partial charge in [0.1, 0.15) is 65.6 Å². The van der Waals surface area contributed by atoms with Gasteiger partial charge in [-0.2, -0.15) is 24.9 Å². The van der Waals surface area contributed by atoms with Gasteiger partial charge in [0.05, 0.1) is 44.8 Å². The Labute approximate surface area is 800 Å². The van der Waals surface area contributed by atoms with Crippen molar-refractivity contribution in [3.63, 3.8) is 0 Å². The summed E-state index contributed by atoms with van der Waals surface area (Å²) in [4.78, 5) is 97.2. The molecule has 0 aliphatic heterocycles. The number of aliphatic hydroxyl groups excluding tert-OH is 1. The Kier molecular flexibility index (Phi) is 93.2. The molecule has 0 fully saturated rings. The van der Waals surface area contributed by atoms with Crippen molar-refractivity contribution >= 4 is 81.3 Å². The largest absolute Gasteiger partial charge is 0.508 e. The zero-order valence-corrected chi connectivity index (χ0v) is 84.5. The standard InChI is InChI=1S/C13H18N2.C11H17NO.C10H19F3N2O2.C8H13N3O2.C8H15N3.C8H18N2O2.C6H13NO3.C6H13NO2S.C5H11NO3.C5H11NO2S.C5H11NO2.C5H13NO/c1-3-14-10(2)8-11-9-15-13-7-5-4-6-12(11)13;1-3-12-9(2)8-10-4-6-11(13)7-5-10;1-2-15(7-10(11,12)13)6-4-3-5-8(14)9(16)17;1-2-11-5-10-4-6(11)3-7(9)8(12)13;1-3-10-7(2)4-8-5-9-6-11-8;1-2-10-6-4-3-5-7(9)8(11)12;1-3-10-4(2)5(7)6(8)9;1-3-10(2)4-5(7)6(8)9;2*1-2-9-3-4(6)5(7)8;1-3-6-4(2)5(7)8;1-3-6-5(2)4-7/h4-7,9-10,14-15H,3,8H2,1-2H3;4-7,9,12-13H,3,8H2,1-2H3;8H,2-7,14H2,1H3,(H,16,17);4-5,7H,2-3,9H2,1H3,(H,12,13);5-7,10H,3-4H2,1-2H3,(H,9,11);7,10H,2-6,9H2,1H3,(H,11,12);4-5H,3,7H2,1-2H3,(H,8,9);5H,3-4,7H2,1-2H3;2*4H,2-3,6H2,1H3,(H,7,8);4,6H,3H2,1-2H3,(H,7,8);5-7H,3-4H2,1-2H3/p+1/t10-;9-;8-;3*7-;4?,5-;5-,10?;3*4-;5-/m110010000001/s1. The number of hydrogen-bond donors (Lipinski definition) is 25. The number of phenolic OH excluding ortho intramolecular Hbond substituents is 1. The molecule has 0 aliphatic carbocycles. The van der Waals surface area contributed by atoms with Crippen LogP contribution >= 0.6 is 11.8 Å². The van der Waals surface area contributed by atoms with Crippen molar-refractivity contribution in [1.82, 2.24) is 61.3 Å². The summed E-state index contributed by atoms with van der Waals surface area (Å²) in [6, 6.07) is 11.6. The van der Waals surface area contributed by atoms with Crippen LogP contribution in [0.5, 0.6) is 5.75 Å². The molecule has 134 heavy (non-hydrogen) atoms. The Hall–Kier alpha value is -8.23. The van der Waals surface area contributed by atoms with Gasteiger partial charge in [0.15, 0.2) is 0 Å². The van der Waals surface area contributed by atoms with Gasteiger partial charge in [-0.3, -0.25) is 43.3 Å². The predicted octanol–water partition coefficient (Wildman–Crippen LogP) is 6.20. The Balaban J connectivity index is -0.000000265. The first kappa shape index (κ1) is 139. The number of aliphatic hydroxyl groups is 1. The SMILES string of the molecule is CCN(CCCC[C@H](N)C(=O)O)CC(F)(F)F.CCNCCCC[C@H](N)C(=O)O.CCN[C@@H](C)C(=O)O.CCN[C@H](C)CO.CCN[C@H](C)Cc1c[nH]c2ccccc12.CCN[C@H](C)Cc1ccc(O)cc1.CCN[C@H](C)Cc1cnc[nH]1.CCOC(C)[C@H](N)C(=O)O.CCOC[C@H](N)C(=O)O.CCSC[C@H](N)C(=O)O.CC[S+](C)C[C@H](N)C(=O)O.CCn1cncc1C[C@H](N)C(=O)O. The first-order chi connectivity index (χ1) is 63.0. The number of unbranched alkanes of at least 4 members (excludes halogenated alkanes) is 2. The molecular weight excluding hydrogens is 1790 g/mol. The number of carboxylic acids is 8. The fourth-order valence-electron chi connectivity index (χ4n) is 10.6. The maximum Gasteiger partial charge on any atom is 0.401 e. The van der Waals surface area contributed by atoms with Crippen LogP contribution in [-0.4, -0.2) is 334 Å². The van der Waals surface area contributed by atoms with E-state index in [1.807, 2.05) is 77.6 Å². The van der Waals surface area contributed by atoms with E-state index in [2.05, 4.69) is 124 Å². The van der Waals surface area contributed by atoms with E-state index in [4.69, 9.17) is 101 Å². The lowest BCUT2D eigenvalue weighted by Crippen LogP contribution is -2.41. The lowest BCUT2D eigenvalue weighted by atomic mass is 10.1. The summed E-state index contributed by atoms with van der Waals surface area (Å²) in [7, 11) is 0.167. The first-order valence-corrected chi connectivity index (χ1v) is 48.6. The topological polar surface area (TPSA) is 677 Å². The Bertz CT molecular complexity index is 3630. The zero-order valence-electron chi connectivity index (χ0n) is 82.9. The third-order valence-electron chi connectivity index (χ3n) is 18.2. The molecule has 780 valence electrons. The molecule has 0 radical (unpaired) electrons. The molecule has 14 atom stereocenters. The monoisotopic (exact) mass is 1960 g/mol. The number of benzene rings is 2. The summed E-state index contributed by atoms with van der Waals surface area (Å²) in [6.45, 7) is 43.7. The number of nitrogens with one attached hydrogen (secondary N) is 8. The molecule has 2 aromatic carbocycles. The van der Waals surface area contributed by atoms with Crippen LogP contribution < -0.4 is 72.0 Å². The second kappa shape index (κ2) is 90.0. The third-order valence-corrected chi connectivity index (χ3v) is 21.2. The molecule has 0 saturated carbocycles. The van der Waals surface area contributed by atoms with E-state index in [9.17, 15) is 51.5 Å². The van der Waals surface area contributed by atoms with Gasteiger partial charge in [0.25, 0.3) is 0 Å². The number of nitrogens with two attached hydrogens (primary N) is 7. The van der Waals surface area contributed by atoms with Crippen molar-refractivity contribution in [2.75, 3.05) is 121 Å². The molecule has 5 rings (SSSR count). The van der Waals surface area contributed by atoms with E-state index in [0.29, 0.717) is 100 Å². The van der Waals surface area contributed by atoms with Crippen molar-refractivity contribution in [1.29, 1.82) is 0 Å². The number of nitrogens with zero attached hydrogens (tertiary/aromatic N) is 4. The number of aromatic nitrogens is 5. The van der Waals surface area contributed by atoms with Gasteiger partial charge in [-0.15, -0.1) is 0 Å². The van der Waals surface area contributed by atoms with Crippen LogP contribution in [0.25, 0.3) is 10.9 Å². The lowest BCUT2D eigenvalue weighted by Gasteiger charge is -2.21. The van der Waals surface area contributed by atoms with E-state index < -0.39 is 115 Å². The number of aliphatic carboxylic acids is 8. The highest BCUT2D eigenvalue weighted by Crippen LogP contribution is 2.20. The number of aromatic hydroxyl groups is 1. The van der Waals surface area contributed by atoms with Crippen molar-refractivity contribution < 1.29 is 112 Å². The quantitative estimate of drug-likeness (QED) is 0.0152. The van der Waals surface area contributed by atoms with Gasteiger partial charge in [-0.1, -0.05) is 98.6 Å². The molecule has 44 heteroatoms. The molecule has 3 aromatic heterocycles. The number of carbonyl (C=O) groups is 8. The van der Waals surface area contributed by atoms with Crippen LogP contribution in [0.1, 0.15) is 186 Å². The molecule has 3 heterocycles. The minimum absolute atomic E-state index is 0.0891. The summed E-state index contributed by atoms with van der Waals surface area (Å²) < 4.78 is 47.9. The highest BCUT2D eigenvalue weighted by Gasteiger charge is 2.30. The lowest BCUT2D eigenvalue weighted by molar-refractivity contribution is -0.146. The van der Waals surface area contributed by atoms with E-state index in [-0.39, 0.29) is 30.2 Å². The summed E-state index contributed by atoms with van der Waals surface area (Å²) in [5, 5.41) is 105. The van der Waals surface area contributed by atoms with Gasteiger partial charge in [0.2, 0.25) is 0 Å². The fraction of sp³-hybridized carbons (Fsp3) is 0.689. The minimum atomic E-state index is -4.19. The second-order valence-electron chi connectivity index (χ2n) is 30.3. The van der Waals surface area contributed by atoms with Crippen LogP contribution in [0.4, 0.5) is 13.2 Å². The van der Waals surface area contributed by atoms with Crippen LogP contribution in [0.2, 0.25) is 0 Å². The average Bonchev–Trinajstić information content (AvgIpc) is 1.69. The van der Waals surface area contributed by atoms with Gasteiger partial charge in [-0.25, -0.2) is 9.97 Å². The molecule has 2 unspecified atom stereocenters. The Morgan fingerprint density at radius 1 is 0.552 bits per heavy atom. The summed E-state index contributed by atoms with van der Waals surface area (Å²) in [5.41, 5.74) is 42.7. The van der Waals surface area contributed by atoms with Gasteiger partial charge in [0, 0.05) is 103 Å². The summed E-state index contributed by atoms with van der Waals surface area (Å²) in [5.74, 6) is -4.26. The second-order valence-corrected chi connectivity index (χ2v) is 34.1. The first-order valence-electron chi connectivity index (χ1n) is 45.5. The van der Waals surface area contributed by atoms with Crippen molar-refractivity contribution in [3.05, 3.63) is 102 Å². The van der Waals surface area contributed by atoms with Crippen LogP contribution in [-0.2, 0) is 91.0 Å². The fourth-order valence-corrected chi connectivity index (χ4v) is 12.2. The molecule has 0 spiro atoms. The Morgan fingerprint density at radius 2 is 1.05 bits per heavy atom. The molecule has 32 N–H and O–H groups in total. The number of aryl methyl sites for hydroxylation is 1. The van der Waals surface area contributed by atoms with Crippen LogP contribution in [0, 0.1) is 0 Å². The average molecular weight is 1960 g/mol. The number of rotatable bonds is 53. The van der Waals surface area contributed by atoms with E-state index in [0.717, 1.165) is 95.1 Å². The number of thioether (sulfide) groups is 1. The molecule has 0 aliphatic rings. The van der Waals surface area contributed by atoms with Crippen molar-refractivity contribution in [2.45, 2.75) is 280 Å². The molecule has 0 bridgehead atoms. The number of imidazole rings is 2. The third kappa shape index (κ3) is 85.4. The van der Waals surface area contributed by atoms with Crippen LogP contribution in [0.15, 0.2) is 79.8 Å². The predicted molar refractivity (Wildman–Crippen MR) is 531 cm³/mol. The molecule has 0 saturated heterocycles. The molecular formula is C90H173F3N19O20S2+. The highest BCUT2D eigenvalue weighted by molar-refractivity contribution is 7.99. The number of aromatic amines is 2. The zero-order chi connectivity index (χ0) is 104. The number of fused-ring (bicyclic) bond motifs is 1. The molecule has 5 aromatic rings. The van der Waals surface area contributed by atoms with E-state index >= 15 is 0 Å². The maximum atomic E-state index is 12.1. The maximum absolute atomic E-state index is 12.1. The van der Waals surface area contributed by atoms with Crippen LogP contribution in [0.3, 0.4) is 0 Å². The number of hydrogen-bond acceptors (Lipinski definition) is 29. The number of H-pyrrole nitrogens is 2. The summed E-state index contributed by atoms with van der Waals surface area (Å²) in [6.07, 6.45) is 13.7. The van der Waals surface area contributed by atoms with Crippen molar-refractivity contribution in [3.8, 4) is 5.75 Å². The van der Waals surface area contributed by atoms with Gasteiger partial charge >= 0.3 is 53.9 Å². The number of carboxylic acid groups (broad SMARTS) is 8.